The molecule has 0 bridgehead atoms. The van der Waals surface area contributed by atoms with Crippen molar-refractivity contribution in [3.05, 3.63) is 48.1 Å². The topological polar surface area (TPSA) is 9.23 Å². The van der Waals surface area contributed by atoms with Crippen LogP contribution in [0.2, 0.25) is 0 Å². The molecule has 0 saturated heterocycles. The summed E-state index contributed by atoms with van der Waals surface area (Å²) in [5.74, 6) is 0. The standard InChI is InChI=1S/C15H19Cl3O/c1-3-4-5-6-12(2)7-8-13-11-14(13)19-10-9-15(16,17)18/h3-5,7,11,14H,1,6,8-10H2,2H3/b5-4+,12-7+. The summed E-state index contributed by atoms with van der Waals surface area (Å²) in [5, 5.41) is 0. The van der Waals surface area contributed by atoms with E-state index in [-0.39, 0.29) is 6.10 Å². The molecule has 106 valence electrons. The van der Waals surface area contributed by atoms with Crippen molar-refractivity contribution in [3.63, 3.8) is 0 Å². The van der Waals surface area contributed by atoms with Crippen molar-refractivity contribution in [2.24, 2.45) is 0 Å². The van der Waals surface area contributed by atoms with Gasteiger partial charge >= 0.3 is 0 Å². The summed E-state index contributed by atoms with van der Waals surface area (Å²) < 4.78 is 4.35. The Hall–Kier alpha value is -0.210. The van der Waals surface area contributed by atoms with E-state index in [2.05, 4.69) is 31.7 Å². The van der Waals surface area contributed by atoms with Crippen LogP contribution in [0.25, 0.3) is 0 Å². The van der Waals surface area contributed by atoms with Gasteiger partial charge in [0, 0.05) is 6.42 Å². The summed E-state index contributed by atoms with van der Waals surface area (Å²) in [4.78, 5) is 0. The van der Waals surface area contributed by atoms with E-state index in [0.717, 1.165) is 12.8 Å². The van der Waals surface area contributed by atoms with Crippen LogP contribution < -0.4 is 0 Å². The number of hydrogen-bond acceptors (Lipinski definition) is 1. The quantitative estimate of drug-likeness (QED) is 0.324. The van der Waals surface area contributed by atoms with E-state index < -0.39 is 3.79 Å². The lowest BCUT2D eigenvalue weighted by Gasteiger charge is -2.10. The maximum absolute atomic E-state index is 5.65. The van der Waals surface area contributed by atoms with Gasteiger partial charge in [-0.25, -0.2) is 0 Å². The lowest BCUT2D eigenvalue weighted by atomic mass is 10.1. The summed E-state index contributed by atoms with van der Waals surface area (Å²) >= 11 is 16.9. The molecule has 1 rings (SSSR count). The van der Waals surface area contributed by atoms with Gasteiger partial charge in [0.25, 0.3) is 0 Å². The fraction of sp³-hybridized carbons (Fsp3) is 0.467. The highest BCUT2D eigenvalue weighted by atomic mass is 35.6. The highest BCUT2D eigenvalue weighted by molar-refractivity contribution is 6.67. The molecule has 19 heavy (non-hydrogen) atoms. The van der Waals surface area contributed by atoms with Crippen molar-refractivity contribution in [3.8, 4) is 0 Å². The van der Waals surface area contributed by atoms with E-state index in [1.54, 1.807) is 6.08 Å². The molecule has 4 heteroatoms. The number of ether oxygens (including phenoxy) is 1. The average Bonchev–Trinajstić information content (AvgIpc) is 3.04. The summed E-state index contributed by atoms with van der Waals surface area (Å²) in [6.45, 7) is 6.22. The predicted octanol–water partition coefficient (Wildman–Crippen LogP) is 5.54. The van der Waals surface area contributed by atoms with Crippen molar-refractivity contribution < 1.29 is 4.74 Å². The third-order valence-corrected chi connectivity index (χ3v) is 3.27. The van der Waals surface area contributed by atoms with Crippen molar-refractivity contribution in [1.82, 2.24) is 0 Å². The van der Waals surface area contributed by atoms with E-state index in [1.165, 1.54) is 11.1 Å². The van der Waals surface area contributed by atoms with E-state index in [0.29, 0.717) is 13.0 Å². The molecule has 1 atom stereocenters. The molecule has 1 unspecified atom stereocenters. The van der Waals surface area contributed by atoms with Gasteiger partial charge in [0.2, 0.25) is 0 Å². The first-order valence-corrected chi connectivity index (χ1v) is 7.38. The maximum atomic E-state index is 5.65. The fourth-order valence-electron chi connectivity index (χ4n) is 1.51. The second-order valence-electron chi connectivity index (χ2n) is 4.52. The molecule has 0 fully saturated rings. The number of hydrogen-bond donors (Lipinski definition) is 0. The Morgan fingerprint density at radius 1 is 1.47 bits per heavy atom. The zero-order valence-corrected chi connectivity index (χ0v) is 13.3. The summed E-state index contributed by atoms with van der Waals surface area (Å²) in [5.41, 5.74) is 2.64. The molecule has 0 amide bonds. The first-order valence-electron chi connectivity index (χ1n) is 6.24. The van der Waals surface area contributed by atoms with Crippen molar-refractivity contribution in [2.75, 3.05) is 6.61 Å². The third-order valence-electron chi connectivity index (χ3n) is 2.70. The smallest absolute Gasteiger partial charge is 0.192 e. The molecular formula is C15H19Cl3O. The van der Waals surface area contributed by atoms with Crippen LogP contribution in [-0.2, 0) is 4.74 Å². The summed E-state index contributed by atoms with van der Waals surface area (Å²) in [6, 6.07) is 0. The molecule has 0 spiro atoms. The van der Waals surface area contributed by atoms with Crippen LogP contribution in [0.3, 0.4) is 0 Å². The van der Waals surface area contributed by atoms with Gasteiger partial charge in [-0.05, 0) is 31.4 Å². The minimum Gasteiger partial charge on any atom is -0.370 e. The van der Waals surface area contributed by atoms with Crippen LogP contribution in [0.5, 0.6) is 0 Å². The molecule has 0 aromatic rings. The Labute approximate surface area is 130 Å². The Bertz CT molecular complexity index is 389. The molecular weight excluding hydrogens is 303 g/mol. The Morgan fingerprint density at radius 3 is 2.84 bits per heavy atom. The molecule has 0 N–H and O–H groups in total. The third kappa shape index (κ3) is 8.54. The molecule has 1 aliphatic rings. The minimum atomic E-state index is -1.22. The zero-order chi connectivity index (χ0) is 14.3. The SMILES string of the molecule is C=C/C=C/C/C(C)=C/CC1=CC1OCCC(Cl)(Cl)Cl. The van der Waals surface area contributed by atoms with E-state index >= 15 is 0 Å². The molecule has 1 nitrogen and oxygen atoms in total. The summed E-state index contributed by atoms with van der Waals surface area (Å²) in [7, 11) is 0. The number of halogens is 3. The molecule has 0 aromatic carbocycles. The Balaban J connectivity index is 2.13. The van der Waals surface area contributed by atoms with E-state index in [1.807, 2.05) is 6.08 Å². The molecule has 0 radical (unpaired) electrons. The minimum absolute atomic E-state index is 0.139. The van der Waals surface area contributed by atoms with Crippen LogP contribution in [0.1, 0.15) is 26.2 Å². The number of alkyl halides is 3. The molecule has 0 saturated carbocycles. The van der Waals surface area contributed by atoms with Crippen molar-refractivity contribution in [1.29, 1.82) is 0 Å². The zero-order valence-electron chi connectivity index (χ0n) is 11.0. The van der Waals surface area contributed by atoms with Crippen LogP contribution in [-0.4, -0.2) is 16.5 Å². The molecule has 0 aliphatic heterocycles. The van der Waals surface area contributed by atoms with Gasteiger partial charge in [-0.15, -0.1) is 0 Å². The number of allylic oxidation sites excluding steroid dienone is 5. The van der Waals surface area contributed by atoms with Gasteiger partial charge in [0.1, 0.15) is 0 Å². The van der Waals surface area contributed by atoms with Crippen LogP contribution >= 0.6 is 34.8 Å². The van der Waals surface area contributed by atoms with Crippen molar-refractivity contribution >= 4 is 34.8 Å². The molecule has 0 aromatic heterocycles. The van der Waals surface area contributed by atoms with Gasteiger partial charge < -0.3 is 4.74 Å². The normalized spacial score (nSPS) is 19.7. The second kappa shape index (κ2) is 8.16. The van der Waals surface area contributed by atoms with Gasteiger partial charge in [-0.3, -0.25) is 0 Å². The number of rotatable bonds is 8. The van der Waals surface area contributed by atoms with Crippen LogP contribution in [0.15, 0.2) is 48.1 Å². The molecule has 1 aliphatic carbocycles. The fourth-order valence-corrected chi connectivity index (χ4v) is 1.74. The first-order chi connectivity index (χ1) is 8.92. The van der Waals surface area contributed by atoms with Crippen LogP contribution in [0, 0.1) is 0 Å². The lowest BCUT2D eigenvalue weighted by molar-refractivity contribution is 0.128. The van der Waals surface area contributed by atoms with E-state index in [9.17, 15) is 0 Å². The summed E-state index contributed by atoms with van der Waals surface area (Å²) in [6.07, 6.45) is 12.6. The van der Waals surface area contributed by atoms with Crippen LogP contribution in [0.4, 0.5) is 0 Å². The lowest BCUT2D eigenvalue weighted by Crippen LogP contribution is -2.09. The first kappa shape index (κ1) is 16.8. The maximum Gasteiger partial charge on any atom is 0.192 e. The van der Waals surface area contributed by atoms with Crippen molar-refractivity contribution in [2.45, 2.75) is 36.1 Å². The second-order valence-corrected chi connectivity index (χ2v) is 7.04. The highest BCUT2D eigenvalue weighted by Crippen LogP contribution is 2.32. The van der Waals surface area contributed by atoms with E-state index in [4.69, 9.17) is 39.5 Å². The molecule has 0 heterocycles. The largest absolute Gasteiger partial charge is 0.370 e. The Kier molecular flexibility index (Phi) is 7.23. The van der Waals surface area contributed by atoms with Gasteiger partial charge in [-0.1, -0.05) is 71.3 Å². The van der Waals surface area contributed by atoms with Gasteiger partial charge in [-0.2, -0.15) is 0 Å². The average molecular weight is 322 g/mol. The highest BCUT2D eigenvalue weighted by Gasteiger charge is 2.26. The van der Waals surface area contributed by atoms with Gasteiger partial charge in [0.05, 0.1) is 12.7 Å². The predicted molar refractivity (Wildman–Crippen MR) is 85.1 cm³/mol. The van der Waals surface area contributed by atoms with Gasteiger partial charge in [0.15, 0.2) is 3.79 Å². The monoisotopic (exact) mass is 320 g/mol. The Morgan fingerprint density at radius 2 is 2.21 bits per heavy atom.